The summed E-state index contributed by atoms with van der Waals surface area (Å²) < 4.78 is 5.39. The fourth-order valence-electron chi connectivity index (χ4n) is 2.71. The molecule has 2 aliphatic rings. The van der Waals surface area contributed by atoms with E-state index >= 15 is 0 Å². The molecule has 0 amide bonds. The summed E-state index contributed by atoms with van der Waals surface area (Å²) in [6.45, 7) is 5.22. The number of hydrogen-bond acceptors (Lipinski definition) is 3. The molecule has 0 aromatic heterocycles. The van der Waals surface area contributed by atoms with Crippen LogP contribution in [-0.2, 0) is 9.53 Å². The molecule has 0 aromatic rings. The van der Waals surface area contributed by atoms with E-state index in [1.807, 2.05) is 26.0 Å². The number of allylic oxidation sites excluding steroid dienone is 1. The zero-order chi connectivity index (χ0) is 11.1. The quantitative estimate of drug-likeness (QED) is 0.606. The topological polar surface area (TPSA) is 50.1 Å². The maximum absolute atomic E-state index is 11.9. The minimum atomic E-state index is -0.423. The second kappa shape index (κ2) is 3.18. The smallest absolute Gasteiger partial charge is 0.178 e. The molecular formula is C12H15NO2. The molecule has 2 rings (SSSR count). The highest BCUT2D eigenvalue weighted by Crippen LogP contribution is 2.47. The number of rotatable bonds is 0. The Balaban J connectivity index is 2.43. The van der Waals surface area contributed by atoms with Crippen LogP contribution in [0, 0.1) is 22.2 Å². The van der Waals surface area contributed by atoms with Crippen LogP contribution in [0.1, 0.15) is 26.7 Å². The van der Waals surface area contributed by atoms with E-state index in [4.69, 9.17) is 10.00 Å². The lowest BCUT2D eigenvalue weighted by Crippen LogP contribution is -2.38. The maximum atomic E-state index is 11.9. The lowest BCUT2D eigenvalue weighted by molar-refractivity contribution is -0.125. The summed E-state index contributed by atoms with van der Waals surface area (Å²) in [5, 5.41) is 8.96. The average molecular weight is 205 g/mol. The summed E-state index contributed by atoms with van der Waals surface area (Å²) in [5.74, 6) is -0.0254. The number of hydrogen-bond donors (Lipinski definition) is 0. The molecule has 1 unspecified atom stereocenters. The van der Waals surface area contributed by atoms with Crippen LogP contribution in [-0.4, -0.2) is 19.0 Å². The number of Topliss-reactive ketones (excluding diaryl/α,β-unsaturated/α-hetero) is 1. The minimum absolute atomic E-state index is 0.0254. The first-order valence-electron chi connectivity index (χ1n) is 5.25. The standard InChI is InChI=1S/C12H15NO2/c1-11(2)7-12(3-4-15-8-12)5-9(6-13)10(11)14/h5H,3-4,7-8H2,1-2H3. The lowest BCUT2D eigenvalue weighted by atomic mass is 9.64. The van der Waals surface area contributed by atoms with Gasteiger partial charge >= 0.3 is 0 Å². The van der Waals surface area contributed by atoms with Crippen molar-refractivity contribution < 1.29 is 9.53 Å². The third kappa shape index (κ3) is 1.59. The van der Waals surface area contributed by atoms with Gasteiger partial charge in [-0.25, -0.2) is 0 Å². The zero-order valence-electron chi connectivity index (χ0n) is 9.17. The Hall–Kier alpha value is -1.14. The maximum Gasteiger partial charge on any atom is 0.178 e. The van der Waals surface area contributed by atoms with Gasteiger partial charge in [-0.1, -0.05) is 19.9 Å². The van der Waals surface area contributed by atoms with E-state index in [9.17, 15) is 4.79 Å². The average Bonchev–Trinajstić information content (AvgIpc) is 2.59. The Labute approximate surface area is 89.7 Å². The van der Waals surface area contributed by atoms with Crippen molar-refractivity contribution in [2.24, 2.45) is 10.8 Å². The van der Waals surface area contributed by atoms with Gasteiger partial charge in [0, 0.05) is 17.4 Å². The Morgan fingerprint density at radius 2 is 2.27 bits per heavy atom. The molecule has 0 radical (unpaired) electrons. The van der Waals surface area contributed by atoms with Gasteiger partial charge in [0.1, 0.15) is 6.07 Å². The molecule has 0 saturated carbocycles. The van der Waals surface area contributed by atoms with Crippen molar-refractivity contribution in [2.45, 2.75) is 26.7 Å². The van der Waals surface area contributed by atoms with Crippen molar-refractivity contribution in [1.82, 2.24) is 0 Å². The van der Waals surface area contributed by atoms with Gasteiger partial charge in [0.25, 0.3) is 0 Å². The highest BCUT2D eigenvalue weighted by Gasteiger charge is 2.46. The Morgan fingerprint density at radius 3 is 2.80 bits per heavy atom. The molecule has 1 fully saturated rings. The molecular weight excluding hydrogens is 190 g/mol. The number of nitriles is 1. The molecule has 1 saturated heterocycles. The summed E-state index contributed by atoms with van der Waals surface area (Å²) in [5.41, 5.74) is -0.174. The van der Waals surface area contributed by atoms with Crippen LogP contribution in [0.15, 0.2) is 11.6 Å². The van der Waals surface area contributed by atoms with Gasteiger partial charge < -0.3 is 4.74 Å². The van der Waals surface area contributed by atoms with Crippen molar-refractivity contribution >= 4 is 5.78 Å². The van der Waals surface area contributed by atoms with Gasteiger partial charge in [-0.3, -0.25) is 4.79 Å². The van der Waals surface area contributed by atoms with Gasteiger partial charge in [0.2, 0.25) is 0 Å². The van der Waals surface area contributed by atoms with Crippen LogP contribution in [0.5, 0.6) is 0 Å². The molecule has 0 aromatic carbocycles. The molecule has 15 heavy (non-hydrogen) atoms. The molecule has 1 spiro atoms. The van der Waals surface area contributed by atoms with Crippen molar-refractivity contribution in [1.29, 1.82) is 5.26 Å². The van der Waals surface area contributed by atoms with E-state index in [0.29, 0.717) is 12.2 Å². The second-order valence-electron chi connectivity index (χ2n) is 5.22. The molecule has 0 N–H and O–H groups in total. The summed E-state index contributed by atoms with van der Waals surface area (Å²) in [6, 6.07) is 2.02. The van der Waals surface area contributed by atoms with Crippen LogP contribution in [0.4, 0.5) is 0 Å². The lowest BCUT2D eigenvalue weighted by Gasteiger charge is -2.37. The van der Waals surface area contributed by atoms with Crippen LogP contribution in [0.3, 0.4) is 0 Å². The highest BCUT2D eigenvalue weighted by molar-refractivity contribution is 6.03. The zero-order valence-corrected chi connectivity index (χ0v) is 9.17. The van der Waals surface area contributed by atoms with Gasteiger partial charge in [0.15, 0.2) is 5.78 Å². The number of ketones is 1. The molecule has 3 heteroatoms. The first-order chi connectivity index (χ1) is 6.99. The number of carbonyl (C=O) groups is 1. The van der Waals surface area contributed by atoms with Crippen molar-refractivity contribution in [2.75, 3.05) is 13.2 Å². The van der Waals surface area contributed by atoms with E-state index in [2.05, 4.69) is 0 Å². The largest absolute Gasteiger partial charge is 0.381 e. The first kappa shape index (κ1) is 10.4. The van der Waals surface area contributed by atoms with Crippen LogP contribution in [0.25, 0.3) is 0 Å². The van der Waals surface area contributed by atoms with E-state index < -0.39 is 5.41 Å². The van der Waals surface area contributed by atoms with E-state index in [1.165, 1.54) is 0 Å². The summed E-state index contributed by atoms with van der Waals surface area (Å²) in [4.78, 5) is 11.9. The summed E-state index contributed by atoms with van der Waals surface area (Å²) in [7, 11) is 0. The molecule has 1 heterocycles. The molecule has 1 aliphatic heterocycles. The van der Waals surface area contributed by atoms with Crippen LogP contribution >= 0.6 is 0 Å². The monoisotopic (exact) mass is 205 g/mol. The normalized spacial score (nSPS) is 33.9. The summed E-state index contributed by atoms with van der Waals surface area (Å²) in [6.07, 6.45) is 3.56. The van der Waals surface area contributed by atoms with Crippen LogP contribution < -0.4 is 0 Å². The van der Waals surface area contributed by atoms with E-state index in [-0.39, 0.29) is 11.2 Å². The van der Waals surface area contributed by atoms with E-state index in [0.717, 1.165) is 19.4 Å². The molecule has 0 bridgehead atoms. The Kier molecular flexibility index (Phi) is 2.20. The van der Waals surface area contributed by atoms with Gasteiger partial charge in [0.05, 0.1) is 12.2 Å². The van der Waals surface area contributed by atoms with Gasteiger partial charge in [-0.15, -0.1) is 0 Å². The fraction of sp³-hybridized carbons (Fsp3) is 0.667. The Morgan fingerprint density at radius 1 is 1.53 bits per heavy atom. The number of nitrogens with zero attached hydrogens (tertiary/aromatic N) is 1. The molecule has 1 atom stereocenters. The molecule has 3 nitrogen and oxygen atoms in total. The minimum Gasteiger partial charge on any atom is -0.381 e. The third-order valence-corrected chi connectivity index (χ3v) is 3.36. The third-order valence-electron chi connectivity index (χ3n) is 3.36. The highest BCUT2D eigenvalue weighted by atomic mass is 16.5. The van der Waals surface area contributed by atoms with Crippen molar-refractivity contribution in [3.05, 3.63) is 11.6 Å². The second-order valence-corrected chi connectivity index (χ2v) is 5.22. The predicted molar refractivity (Wildman–Crippen MR) is 55.0 cm³/mol. The SMILES string of the molecule is CC1(C)CC2(C=C(C#N)C1=O)CCOC2. The predicted octanol–water partition coefficient (Wildman–Crippen LogP) is 1.84. The number of ether oxygens (including phenoxy) is 1. The van der Waals surface area contributed by atoms with Crippen molar-refractivity contribution in [3.63, 3.8) is 0 Å². The van der Waals surface area contributed by atoms with Crippen molar-refractivity contribution in [3.8, 4) is 6.07 Å². The van der Waals surface area contributed by atoms with E-state index in [1.54, 1.807) is 0 Å². The summed E-state index contributed by atoms with van der Waals surface area (Å²) >= 11 is 0. The van der Waals surface area contributed by atoms with Gasteiger partial charge in [-0.2, -0.15) is 5.26 Å². The van der Waals surface area contributed by atoms with Crippen LogP contribution in [0.2, 0.25) is 0 Å². The molecule has 80 valence electrons. The molecule has 1 aliphatic carbocycles. The first-order valence-corrected chi connectivity index (χ1v) is 5.25. The number of carbonyl (C=O) groups excluding carboxylic acids is 1. The Bertz CT molecular complexity index is 368. The fourth-order valence-corrected chi connectivity index (χ4v) is 2.71. The van der Waals surface area contributed by atoms with Gasteiger partial charge in [-0.05, 0) is 12.8 Å².